The molecule has 1 N–H and O–H groups in total. The first-order valence-corrected chi connectivity index (χ1v) is 6.22. The second kappa shape index (κ2) is 5.65. The van der Waals surface area contributed by atoms with Crippen LogP contribution in [0.5, 0.6) is 0 Å². The van der Waals surface area contributed by atoms with Gasteiger partial charge < -0.3 is 14.4 Å². The van der Waals surface area contributed by atoms with Crippen LogP contribution in [0.4, 0.5) is 0 Å². The molecule has 5 nitrogen and oxygen atoms in total. The Labute approximate surface area is 107 Å². The Balaban J connectivity index is 1.94. The third-order valence-electron chi connectivity index (χ3n) is 3.13. The molecule has 0 bridgehead atoms. The molecule has 2 rings (SSSR count). The van der Waals surface area contributed by atoms with Crippen LogP contribution in [0.1, 0.15) is 17.3 Å². The molecule has 5 heteroatoms. The van der Waals surface area contributed by atoms with Gasteiger partial charge in [0.2, 0.25) is 0 Å². The van der Waals surface area contributed by atoms with Gasteiger partial charge in [0.1, 0.15) is 0 Å². The van der Waals surface area contributed by atoms with E-state index in [1.54, 1.807) is 0 Å². The molecule has 1 fully saturated rings. The minimum Gasteiger partial charge on any atom is -0.394 e. The van der Waals surface area contributed by atoms with Crippen molar-refractivity contribution >= 4 is 5.78 Å². The van der Waals surface area contributed by atoms with Gasteiger partial charge in [0.15, 0.2) is 5.78 Å². The lowest BCUT2D eigenvalue weighted by molar-refractivity contribution is -0.0926. The second-order valence-corrected chi connectivity index (χ2v) is 4.93. The minimum atomic E-state index is -0.183. The predicted octanol–water partition coefficient (Wildman–Crippen LogP) is 0.289. The van der Waals surface area contributed by atoms with Crippen molar-refractivity contribution in [3.8, 4) is 0 Å². The Morgan fingerprint density at radius 2 is 2.33 bits per heavy atom. The topological polar surface area (TPSA) is 54.7 Å². The van der Waals surface area contributed by atoms with Gasteiger partial charge in [0.05, 0.1) is 25.4 Å². The average molecular weight is 252 g/mol. The van der Waals surface area contributed by atoms with Crippen LogP contribution in [0.25, 0.3) is 0 Å². The van der Waals surface area contributed by atoms with Crippen molar-refractivity contribution in [1.29, 1.82) is 0 Å². The van der Waals surface area contributed by atoms with Gasteiger partial charge in [0, 0.05) is 38.1 Å². The Morgan fingerprint density at radius 1 is 1.56 bits per heavy atom. The molecule has 1 aliphatic rings. The highest BCUT2D eigenvalue weighted by atomic mass is 16.5. The Bertz CT molecular complexity index is 416. The molecular weight excluding hydrogens is 232 g/mol. The zero-order valence-electron chi connectivity index (χ0n) is 10.9. The van der Waals surface area contributed by atoms with E-state index in [9.17, 15) is 4.79 Å². The third kappa shape index (κ3) is 3.19. The number of aliphatic hydroxyl groups is 1. The molecule has 2 heterocycles. The molecule has 0 spiro atoms. The highest BCUT2D eigenvalue weighted by Gasteiger charge is 2.26. The number of carbonyl (C=O) groups excluding carboxylic acids is 1. The number of nitrogens with zero attached hydrogens (tertiary/aromatic N) is 2. The van der Waals surface area contributed by atoms with Crippen LogP contribution in [-0.2, 0) is 11.8 Å². The van der Waals surface area contributed by atoms with E-state index in [1.165, 1.54) is 0 Å². The quantitative estimate of drug-likeness (QED) is 0.783. The summed E-state index contributed by atoms with van der Waals surface area (Å²) in [6.45, 7) is 3.69. The Kier molecular flexibility index (Phi) is 4.16. The first kappa shape index (κ1) is 13.3. The van der Waals surface area contributed by atoms with Gasteiger partial charge in [-0.25, -0.2) is 0 Å². The number of hydrogen-bond donors (Lipinski definition) is 1. The van der Waals surface area contributed by atoms with Crippen molar-refractivity contribution < 1.29 is 14.6 Å². The number of hydrogen-bond acceptors (Lipinski definition) is 4. The van der Waals surface area contributed by atoms with Crippen LogP contribution in [0.2, 0.25) is 0 Å². The third-order valence-corrected chi connectivity index (χ3v) is 3.13. The van der Waals surface area contributed by atoms with Crippen molar-refractivity contribution in [2.24, 2.45) is 7.05 Å². The average Bonchev–Trinajstić information content (AvgIpc) is 2.75. The summed E-state index contributed by atoms with van der Waals surface area (Å²) in [5.41, 5.74) is 0.734. The number of rotatable bonds is 4. The smallest absolute Gasteiger partial charge is 0.178 e. The highest BCUT2D eigenvalue weighted by molar-refractivity contribution is 5.97. The molecule has 0 radical (unpaired) electrons. The molecule has 1 aromatic heterocycles. The van der Waals surface area contributed by atoms with E-state index in [0.717, 1.165) is 12.1 Å². The van der Waals surface area contributed by atoms with Gasteiger partial charge in [-0.05, 0) is 13.0 Å². The van der Waals surface area contributed by atoms with E-state index in [4.69, 9.17) is 9.84 Å². The van der Waals surface area contributed by atoms with E-state index in [1.807, 2.05) is 41.9 Å². The summed E-state index contributed by atoms with van der Waals surface area (Å²) >= 11 is 0. The lowest BCUT2D eigenvalue weighted by atomic mass is 10.1. The van der Waals surface area contributed by atoms with Crippen molar-refractivity contribution in [2.75, 3.05) is 26.2 Å². The molecule has 2 unspecified atom stereocenters. The zero-order valence-corrected chi connectivity index (χ0v) is 10.9. The number of carbonyl (C=O) groups is 1. The monoisotopic (exact) mass is 252 g/mol. The predicted molar refractivity (Wildman–Crippen MR) is 67.6 cm³/mol. The summed E-state index contributed by atoms with van der Waals surface area (Å²) in [5.74, 6) is 0.112. The normalized spacial score (nSPS) is 25.3. The zero-order chi connectivity index (χ0) is 13.1. The van der Waals surface area contributed by atoms with Gasteiger partial charge in [-0.1, -0.05) is 0 Å². The van der Waals surface area contributed by atoms with E-state index in [2.05, 4.69) is 0 Å². The van der Waals surface area contributed by atoms with Crippen LogP contribution in [0, 0.1) is 0 Å². The fourth-order valence-corrected chi connectivity index (χ4v) is 2.33. The van der Waals surface area contributed by atoms with E-state index < -0.39 is 0 Å². The fraction of sp³-hybridized carbons (Fsp3) is 0.615. The summed E-state index contributed by atoms with van der Waals surface area (Å²) in [6, 6.07) is 1.83. The van der Waals surface area contributed by atoms with Crippen LogP contribution in [-0.4, -0.2) is 58.8 Å². The first-order chi connectivity index (χ1) is 8.58. The van der Waals surface area contributed by atoms with Crippen molar-refractivity contribution in [2.45, 2.75) is 19.1 Å². The number of Topliss-reactive ketones (excluding diaryl/α,β-unsaturated/α-hetero) is 1. The molecule has 1 aliphatic heterocycles. The summed E-state index contributed by atoms with van der Waals surface area (Å²) in [6.07, 6.45) is 3.57. The van der Waals surface area contributed by atoms with Gasteiger partial charge >= 0.3 is 0 Å². The first-order valence-electron chi connectivity index (χ1n) is 6.22. The molecule has 1 aromatic rings. The lowest BCUT2D eigenvalue weighted by Crippen LogP contribution is -2.49. The lowest BCUT2D eigenvalue weighted by Gasteiger charge is -2.35. The molecule has 18 heavy (non-hydrogen) atoms. The molecular formula is C13H20N2O3. The largest absolute Gasteiger partial charge is 0.394 e. The van der Waals surface area contributed by atoms with Gasteiger partial charge in [-0.15, -0.1) is 0 Å². The summed E-state index contributed by atoms with van der Waals surface area (Å²) < 4.78 is 7.42. The van der Waals surface area contributed by atoms with Crippen molar-refractivity contribution in [3.05, 3.63) is 24.0 Å². The van der Waals surface area contributed by atoms with E-state index >= 15 is 0 Å². The van der Waals surface area contributed by atoms with Crippen LogP contribution < -0.4 is 0 Å². The molecule has 0 saturated carbocycles. The summed E-state index contributed by atoms with van der Waals surface area (Å²) in [5, 5.41) is 9.14. The summed E-state index contributed by atoms with van der Waals surface area (Å²) in [7, 11) is 1.90. The minimum absolute atomic E-state index is 0.000365. The van der Waals surface area contributed by atoms with Crippen molar-refractivity contribution in [1.82, 2.24) is 9.47 Å². The SMILES string of the molecule is CC1CN(CC(=O)c2ccn(C)c2)CC(CO)O1. The van der Waals surface area contributed by atoms with Crippen LogP contribution in [0.3, 0.4) is 0 Å². The Morgan fingerprint density at radius 3 is 2.94 bits per heavy atom. The number of ketones is 1. The number of ether oxygens (including phenoxy) is 1. The van der Waals surface area contributed by atoms with Gasteiger partial charge in [-0.3, -0.25) is 9.69 Å². The number of morpholine rings is 1. The fourth-order valence-electron chi connectivity index (χ4n) is 2.33. The molecule has 0 aliphatic carbocycles. The summed E-state index contributed by atoms with van der Waals surface area (Å²) in [4.78, 5) is 14.1. The maximum Gasteiger partial charge on any atom is 0.178 e. The molecule has 0 amide bonds. The van der Waals surface area contributed by atoms with E-state index in [0.29, 0.717) is 13.1 Å². The maximum atomic E-state index is 12.1. The standard InChI is InChI=1S/C13H20N2O3/c1-10-5-15(7-12(9-16)18-10)8-13(17)11-3-4-14(2)6-11/h3-4,6,10,12,16H,5,7-9H2,1-2H3. The molecule has 100 valence electrons. The van der Waals surface area contributed by atoms with Gasteiger partial charge in [0.25, 0.3) is 0 Å². The van der Waals surface area contributed by atoms with Crippen LogP contribution in [0.15, 0.2) is 18.5 Å². The number of aliphatic hydroxyl groups excluding tert-OH is 1. The number of aromatic nitrogens is 1. The van der Waals surface area contributed by atoms with E-state index in [-0.39, 0.29) is 24.6 Å². The molecule has 2 atom stereocenters. The second-order valence-electron chi connectivity index (χ2n) is 4.93. The number of aryl methyl sites for hydroxylation is 1. The highest BCUT2D eigenvalue weighted by Crippen LogP contribution is 2.12. The maximum absolute atomic E-state index is 12.1. The molecule has 0 aromatic carbocycles. The Hall–Kier alpha value is -1.17. The van der Waals surface area contributed by atoms with Crippen LogP contribution >= 0.6 is 0 Å². The van der Waals surface area contributed by atoms with Crippen molar-refractivity contribution in [3.63, 3.8) is 0 Å². The van der Waals surface area contributed by atoms with Gasteiger partial charge in [-0.2, -0.15) is 0 Å². The molecule has 1 saturated heterocycles.